The summed E-state index contributed by atoms with van der Waals surface area (Å²) in [5, 5.41) is 6.35. The molecule has 0 atom stereocenters. The Balaban J connectivity index is 2.12. The van der Waals surface area contributed by atoms with Gasteiger partial charge in [-0.3, -0.25) is 9.79 Å². The summed E-state index contributed by atoms with van der Waals surface area (Å²) in [6.07, 6.45) is 9.86. The molecule has 0 aliphatic heterocycles. The topological polar surface area (TPSA) is 62.7 Å². The highest BCUT2D eigenvalue weighted by Gasteiger charge is 2.13. The molecule has 2 N–H and O–H groups in total. The molecule has 0 unspecified atom stereocenters. The van der Waals surface area contributed by atoms with Crippen LogP contribution in [0.1, 0.15) is 58.3 Å². The highest BCUT2D eigenvalue weighted by Crippen LogP contribution is 2.28. The minimum Gasteiger partial charge on any atom is -0.469 e. The van der Waals surface area contributed by atoms with Gasteiger partial charge in [-0.15, -0.1) is 0 Å². The molecule has 0 aromatic heterocycles. The number of carbonyl (C=O) groups is 1. The Morgan fingerprint density at radius 2 is 2.00 bits per heavy atom. The van der Waals surface area contributed by atoms with Gasteiger partial charge in [0.2, 0.25) is 0 Å². The zero-order chi connectivity index (χ0) is 15.3. The molecule has 0 bridgehead atoms. The summed E-state index contributed by atoms with van der Waals surface area (Å²) >= 11 is 0. The average Bonchev–Trinajstić information content (AvgIpc) is 2.99. The molecule has 1 aliphatic carbocycles. The molecule has 21 heavy (non-hydrogen) atoms. The van der Waals surface area contributed by atoms with E-state index in [1.807, 2.05) is 6.92 Å². The number of nitrogens with one attached hydrogen (secondary N) is 2. The smallest absolute Gasteiger partial charge is 0.307 e. The Hall–Kier alpha value is -1.26. The maximum Gasteiger partial charge on any atom is 0.307 e. The molecule has 0 spiro atoms. The maximum atomic E-state index is 11.1. The van der Waals surface area contributed by atoms with E-state index in [4.69, 9.17) is 0 Å². The van der Waals surface area contributed by atoms with E-state index in [2.05, 4.69) is 20.4 Å². The highest BCUT2D eigenvalue weighted by molar-refractivity contribution is 5.80. The van der Waals surface area contributed by atoms with Gasteiger partial charge in [-0.1, -0.05) is 38.5 Å². The number of methoxy groups -OCH3 is 1. The standard InChI is InChI=1S/C16H31N3O2/c1-3-17-16(19-13-11-15(20)21-2)18-12-7-6-10-14-8-4-5-9-14/h14H,3-13H2,1-2H3,(H2,17,18,19). The third kappa shape index (κ3) is 8.58. The van der Waals surface area contributed by atoms with Gasteiger partial charge >= 0.3 is 5.97 Å². The van der Waals surface area contributed by atoms with Crippen LogP contribution in [-0.2, 0) is 9.53 Å². The molecular formula is C16H31N3O2. The van der Waals surface area contributed by atoms with E-state index in [0.717, 1.165) is 31.4 Å². The third-order valence-corrected chi connectivity index (χ3v) is 3.96. The molecule has 122 valence electrons. The molecule has 0 heterocycles. The van der Waals surface area contributed by atoms with Gasteiger partial charge in [0.15, 0.2) is 5.96 Å². The van der Waals surface area contributed by atoms with E-state index in [0.29, 0.717) is 13.0 Å². The molecule has 0 aromatic rings. The minimum absolute atomic E-state index is 0.199. The molecule has 5 nitrogen and oxygen atoms in total. The number of unbranched alkanes of at least 4 members (excludes halogenated alkanes) is 1. The van der Waals surface area contributed by atoms with Crippen molar-refractivity contribution in [3.63, 3.8) is 0 Å². The first-order valence-corrected chi connectivity index (χ1v) is 8.35. The van der Waals surface area contributed by atoms with Gasteiger partial charge < -0.3 is 15.4 Å². The minimum atomic E-state index is -0.199. The Labute approximate surface area is 128 Å². The SMILES string of the molecule is CCNC(=NCCCCC1CCCC1)NCCC(=O)OC. The molecule has 0 radical (unpaired) electrons. The van der Waals surface area contributed by atoms with E-state index in [-0.39, 0.29) is 5.97 Å². The van der Waals surface area contributed by atoms with Crippen molar-refractivity contribution in [1.29, 1.82) is 0 Å². The third-order valence-electron chi connectivity index (χ3n) is 3.96. The van der Waals surface area contributed by atoms with E-state index >= 15 is 0 Å². The van der Waals surface area contributed by atoms with E-state index in [9.17, 15) is 4.79 Å². The lowest BCUT2D eigenvalue weighted by molar-refractivity contribution is -0.140. The van der Waals surface area contributed by atoms with Crippen LogP contribution in [0.15, 0.2) is 4.99 Å². The van der Waals surface area contributed by atoms with E-state index in [1.165, 1.54) is 45.6 Å². The van der Waals surface area contributed by atoms with Crippen LogP contribution in [0.25, 0.3) is 0 Å². The number of hydrogen-bond donors (Lipinski definition) is 2. The van der Waals surface area contributed by atoms with Crippen molar-refractivity contribution in [2.75, 3.05) is 26.7 Å². The van der Waals surface area contributed by atoms with Gasteiger partial charge in [-0.2, -0.15) is 0 Å². The van der Waals surface area contributed by atoms with Crippen LogP contribution < -0.4 is 10.6 Å². The van der Waals surface area contributed by atoms with Crippen molar-refractivity contribution in [3.05, 3.63) is 0 Å². The van der Waals surface area contributed by atoms with Crippen molar-refractivity contribution in [1.82, 2.24) is 10.6 Å². The predicted molar refractivity (Wildman–Crippen MR) is 86.4 cm³/mol. The second-order valence-electron chi connectivity index (χ2n) is 5.66. The molecule has 0 saturated heterocycles. The summed E-state index contributed by atoms with van der Waals surface area (Å²) < 4.78 is 4.61. The number of guanidine groups is 1. The van der Waals surface area contributed by atoms with Gasteiger partial charge in [-0.25, -0.2) is 0 Å². The average molecular weight is 297 g/mol. The van der Waals surface area contributed by atoms with Crippen LogP contribution >= 0.6 is 0 Å². The number of carbonyl (C=O) groups excluding carboxylic acids is 1. The van der Waals surface area contributed by atoms with Gasteiger partial charge in [-0.05, 0) is 19.3 Å². The second kappa shape index (κ2) is 11.4. The number of aliphatic imine (C=N–C) groups is 1. The molecule has 1 saturated carbocycles. The fourth-order valence-corrected chi connectivity index (χ4v) is 2.76. The molecule has 1 aliphatic rings. The van der Waals surface area contributed by atoms with Crippen LogP contribution in [0, 0.1) is 5.92 Å². The number of esters is 1. The Kier molecular flexibility index (Phi) is 9.66. The monoisotopic (exact) mass is 297 g/mol. The molecule has 0 aromatic carbocycles. The number of rotatable bonds is 9. The van der Waals surface area contributed by atoms with E-state index in [1.54, 1.807) is 0 Å². The lowest BCUT2D eigenvalue weighted by atomic mass is 10.0. The largest absolute Gasteiger partial charge is 0.469 e. The predicted octanol–water partition coefficient (Wildman–Crippen LogP) is 2.47. The molecule has 5 heteroatoms. The van der Waals surface area contributed by atoms with Crippen LogP contribution in [0.5, 0.6) is 0 Å². The second-order valence-corrected chi connectivity index (χ2v) is 5.66. The highest BCUT2D eigenvalue weighted by atomic mass is 16.5. The van der Waals surface area contributed by atoms with Crippen molar-refractivity contribution in [2.24, 2.45) is 10.9 Å². The number of ether oxygens (including phenoxy) is 1. The summed E-state index contributed by atoms with van der Waals surface area (Å²) in [4.78, 5) is 15.6. The zero-order valence-corrected chi connectivity index (χ0v) is 13.6. The Morgan fingerprint density at radius 1 is 1.24 bits per heavy atom. The number of hydrogen-bond acceptors (Lipinski definition) is 3. The lowest BCUT2D eigenvalue weighted by Crippen LogP contribution is -2.38. The van der Waals surface area contributed by atoms with Crippen molar-refractivity contribution in [3.8, 4) is 0 Å². The molecule has 1 rings (SSSR count). The first-order valence-electron chi connectivity index (χ1n) is 8.35. The van der Waals surface area contributed by atoms with Crippen LogP contribution in [0.4, 0.5) is 0 Å². The fraction of sp³-hybridized carbons (Fsp3) is 0.875. The summed E-state index contributed by atoms with van der Waals surface area (Å²) in [5.74, 6) is 1.57. The Bertz CT molecular complexity index is 313. The number of nitrogens with zero attached hydrogens (tertiary/aromatic N) is 1. The summed E-state index contributed by atoms with van der Waals surface area (Å²) in [6, 6.07) is 0. The van der Waals surface area contributed by atoms with Crippen molar-refractivity contribution in [2.45, 2.75) is 58.3 Å². The zero-order valence-electron chi connectivity index (χ0n) is 13.6. The summed E-state index contributed by atoms with van der Waals surface area (Å²) in [7, 11) is 1.41. The van der Waals surface area contributed by atoms with Crippen LogP contribution in [0.3, 0.4) is 0 Å². The molecular weight excluding hydrogens is 266 g/mol. The molecule has 1 fully saturated rings. The fourth-order valence-electron chi connectivity index (χ4n) is 2.76. The Morgan fingerprint density at radius 3 is 2.67 bits per heavy atom. The van der Waals surface area contributed by atoms with Crippen molar-refractivity contribution >= 4 is 11.9 Å². The summed E-state index contributed by atoms with van der Waals surface area (Å²) in [6.45, 7) is 4.27. The van der Waals surface area contributed by atoms with E-state index < -0.39 is 0 Å². The van der Waals surface area contributed by atoms with Gasteiger partial charge in [0.05, 0.1) is 13.5 Å². The quantitative estimate of drug-likeness (QED) is 0.297. The van der Waals surface area contributed by atoms with Gasteiger partial charge in [0.25, 0.3) is 0 Å². The van der Waals surface area contributed by atoms with Gasteiger partial charge in [0, 0.05) is 19.6 Å². The van der Waals surface area contributed by atoms with Crippen molar-refractivity contribution < 1.29 is 9.53 Å². The normalized spacial score (nSPS) is 16.0. The lowest BCUT2D eigenvalue weighted by Gasteiger charge is -2.11. The first-order chi connectivity index (χ1) is 10.3. The van der Waals surface area contributed by atoms with Gasteiger partial charge in [0.1, 0.15) is 0 Å². The first kappa shape index (κ1) is 17.8. The van der Waals surface area contributed by atoms with Crippen LogP contribution in [0.2, 0.25) is 0 Å². The van der Waals surface area contributed by atoms with Crippen LogP contribution in [-0.4, -0.2) is 38.7 Å². The summed E-state index contributed by atoms with van der Waals surface area (Å²) in [5.41, 5.74) is 0. The maximum absolute atomic E-state index is 11.1. The molecule has 0 amide bonds.